The number of methoxy groups -OCH3 is 1. The number of hydrogen-bond donors (Lipinski definition) is 0. The quantitative estimate of drug-likeness (QED) is 0.855. The molecule has 0 atom stereocenters. The molecule has 0 heterocycles. The van der Waals surface area contributed by atoms with Crippen molar-refractivity contribution in [1.29, 1.82) is 0 Å². The van der Waals surface area contributed by atoms with Crippen LogP contribution in [0.3, 0.4) is 0 Å². The Balaban J connectivity index is 1.72. The molecule has 2 aromatic rings. The Labute approximate surface area is 124 Å². The van der Waals surface area contributed by atoms with Crippen LogP contribution >= 0.6 is 0 Å². The van der Waals surface area contributed by atoms with Crippen LogP contribution in [0, 0.1) is 0 Å². The molecule has 0 saturated carbocycles. The first kappa shape index (κ1) is 13.7. The Morgan fingerprint density at radius 3 is 2.81 bits per heavy atom. The molecule has 3 nitrogen and oxygen atoms in total. The van der Waals surface area contributed by atoms with Gasteiger partial charge in [0.2, 0.25) is 0 Å². The number of aryl methyl sites for hydroxylation is 1. The summed E-state index contributed by atoms with van der Waals surface area (Å²) in [5.41, 5.74) is 3.02. The van der Waals surface area contributed by atoms with Crippen molar-refractivity contribution in [2.45, 2.75) is 25.9 Å². The van der Waals surface area contributed by atoms with Gasteiger partial charge in [-0.05, 0) is 54.3 Å². The van der Waals surface area contributed by atoms with E-state index in [-0.39, 0.29) is 5.78 Å². The molecular weight excluding hydrogens is 264 g/mol. The van der Waals surface area contributed by atoms with E-state index in [1.165, 1.54) is 0 Å². The summed E-state index contributed by atoms with van der Waals surface area (Å²) in [4.78, 5) is 11.8. The summed E-state index contributed by atoms with van der Waals surface area (Å²) in [5, 5.41) is 0. The lowest BCUT2D eigenvalue weighted by Gasteiger charge is -2.16. The van der Waals surface area contributed by atoms with E-state index in [1.807, 2.05) is 42.5 Å². The first-order valence-electron chi connectivity index (χ1n) is 7.18. The predicted molar refractivity (Wildman–Crippen MR) is 81.0 cm³/mol. The molecule has 0 amide bonds. The molecule has 0 aliphatic heterocycles. The van der Waals surface area contributed by atoms with Crippen LogP contribution in [0.2, 0.25) is 0 Å². The molecule has 0 aromatic heterocycles. The monoisotopic (exact) mass is 282 g/mol. The number of benzene rings is 2. The molecule has 0 radical (unpaired) electrons. The molecule has 3 rings (SSSR count). The second-order valence-electron chi connectivity index (χ2n) is 5.24. The number of fused-ring (bicyclic) bond motifs is 1. The fraction of sp³-hybridized carbons (Fsp3) is 0.278. The molecule has 1 aliphatic rings. The number of rotatable bonds is 4. The summed E-state index contributed by atoms with van der Waals surface area (Å²) in [5.74, 6) is 1.88. The minimum absolute atomic E-state index is 0.246. The van der Waals surface area contributed by atoms with Crippen molar-refractivity contribution in [2.24, 2.45) is 0 Å². The second-order valence-corrected chi connectivity index (χ2v) is 5.24. The third-order valence-electron chi connectivity index (χ3n) is 3.77. The number of carbonyl (C=O) groups is 1. The normalized spacial score (nSPS) is 13.7. The lowest BCUT2D eigenvalue weighted by Crippen LogP contribution is -2.10. The van der Waals surface area contributed by atoms with Crippen molar-refractivity contribution >= 4 is 5.78 Å². The molecule has 0 N–H and O–H groups in total. The van der Waals surface area contributed by atoms with E-state index in [9.17, 15) is 4.79 Å². The maximum Gasteiger partial charge on any atom is 0.163 e. The van der Waals surface area contributed by atoms with E-state index in [0.29, 0.717) is 13.0 Å². The molecule has 0 saturated heterocycles. The number of Topliss-reactive ketones (excluding diaryl/α,β-unsaturated/α-hetero) is 1. The Morgan fingerprint density at radius 1 is 1.05 bits per heavy atom. The van der Waals surface area contributed by atoms with Crippen LogP contribution in [-0.4, -0.2) is 12.9 Å². The van der Waals surface area contributed by atoms with Crippen LogP contribution in [0.25, 0.3) is 0 Å². The highest BCUT2D eigenvalue weighted by Gasteiger charge is 2.17. The minimum Gasteiger partial charge on any atom is -0.497 e. The van der Waals surface area contributed by atoms with Crippen LogP contribution in [0.15, 0.2) is 42.5 Å². The van der Waals surface area contributed by atoms with Gasteiger partial charge in [0, 0.05) is 12.0 Å². The van der Waals surface area contributed by atoms with Crippen molar-refractivity contribution in [1.82, 2.24) is 0 Å². The summed E-state index contributed by atoms with van der Waals surface area (Å²) < 4.78 is 11.0. The van der Waals surface area contributed by atoms with Gasteiger partial charge in [0.25, 0.3) is 0 Å². The van der Waals surface area contributed by atoms with Crippen molar-refractivity contribution < 1.29 is 14.3 Å². The maximum absolute atomic E-state index is 11.8. The fourth-order valence-electron chi connectivity index (χ4n) is 2.64. The number of ether oxygens (including phenoxy) is 2. The van der Waals surface area contributed by atoms with Gasteiger partial charge in [-0.1, -0.05) is 12.1 Å². The van der Waals surface area contributed by atoms with Gasteiger partial charge in [-0.15, -0.1) is 0 Å². The maximum atomic E-state index is 11.8. The molecule has 108 valence electrons. The molecule has 0 spiro atoms. The number of carbonyl (C=O) groups excluding carboxylic acids is 1. The number of ketones is 1. The van der Waals surface area contributed by atoms with Crippen LogP contribution in [0.5, 0.6) is 11.5 Å². The van der Waals surface area contributed by atoms with Crippen molar-refractivity contribution in [2.75, 3.05) is 7.11 Å². The van der Waals surface area contributed by atoms with Crippen molar-refractivity contribution in [3.05, 3.63) is 59.2 Å². The SMILES string of the molecule is COc1cccc(COc2ccc3c(c2)CCCC3=O)c1. The lowest BCUT2D eigenvalue weighted by molar-refractivity contribution is 0.0972. The average molecular weight is 282 g/mol. The summed E-state index contributed by atoms with van der Waals surface area (Å²) in [6.45, 7) is 0.490. The summed E-state index contributed by atoms with van der Waals surface area (Å²) in [6.07, 6.45) is 2.56. The zero-order valence-electron chi connectivity index (χ0n) is 12.1. The summed E-state index contributed by atoms with van der Waals surface area (Å²) in [7, 11) is 1.65. The largest absolute Gasteiger partial charge is 0.497 e. The molecule has 1 aliphatic carbocycles. The van der Waals surface area contributed by atoms with Gasteiger partial charge in [0.05, 0.1) is 7.11 Å². The summed E-state index contributed by atoms with van der Waals surface area (Å²) in [6, 6.07) is 13.6. The van der Waals surface area contributed by atoms with Gasteiger partial charge < -0.3 is 9.47 Å². The third kappa shape index (κ3) is 3.07. The Morgan fingerprint density at radius 2 is 1.95 bits per heavy atom. The van der Waals surface area contributed by atoms with Crippen LogP contribution < -0.4 is 9.47 Å². The third-order valence-corrected chi connectivity index (χ3v) is 3.77. The molecule has 0 fully saturated rings. The van der Waals surface area contributed by atoms with Gasteiger partial charge in [-0.3, -0.25) is 4.79 Å². The first-order chi connectivity index (χ1) is 10.3. The molecular formula is C18H18O3. The molecule has 0 unspecified atom stereocenters. The zero-order valence-corrected chi connectivity index (χ0v) is 12.1. The van der Waals surface area contributed by atoms with E-state index in [2.05, 4.69) is 0 Å². The van der Waals surface area contributed by atoms with E-state index >= 15 is 0 Å². The molecule has 21 heavy (non-hydrogen) atoms. The topological polar surface area (TPSA) is 35.5 Å². The fourth-order valence-corrected chi connectivity index (χ4v) is 2.64. The van der Waals surface area contributed by atoms with Crippen molar-refractivity contribution in [3.8, 4) is 11.5 Å². The van der Waals surface area contributed by atoms with Gasteiger partial charge in [0.1, 0.15) is 18.1 Å². The Hall–Kier alpha value is -2.29. The average Bonchev–Trinajstić information content (AvgIpc) is 2.53. The zero-order chi connectivity index (χ0) is 14.7. The first-order valence-corrected chi connectivity index (χ1v) is 7.18. The highest BCUT2D eigenvalue weighted by atomic mass is 16.5. The minimum atomic E-state index is 0.246. The highest BCUT2D eigenvalue weighted by molar-refractivity contribution is 5.98. The van der Waals surface area contributed by atoms with E-state index in [4.69, 9.17) is 9.47 Å². The van der Waals surface area contributed by atoms with E-state index < -0.39 is 0 Å². The standard InChI is InChI=1S/C18H18O3/c1-20-15-6-2-4-13(10-15)12-21-16-8-9-17-14(11-16)5-3-7-18(17)19/h2,4,6,8-11H,3,5,7,12H2,1H3. The van der Waals surface area contributed by atoms with Gasteiger partial charge in [-0.25, -0.2) is 0 Å². The van der Waals surface area contributed by atoms with Gasteiger partial charge in [0.15, 0.2) is 5.78 Å². The second kappa shape index (κ2) is 6.00. The van der Waals surface area contributed by atoms with E-state index in [0.717, 1.165) is 41.0 Å². The Bertz CT molecular complexity index is 661. The van der Waals surface area contributed by atoms with Gasteiger partial charge >= 0.3 is 0 Å². The van der Waals surface area contributed by atoms with Crippen molar-refractivity contribution in [3.63, 3.8) is 0 Å². The Kier molecular flexibility index (Phi) is 3.91. The number of hydrogen-bond acceptors (Lipinski definition) is 3. The predicted octanol–water partition coefficient (Wildman–Crippen LogP) is 3.79. The van der Waals surface area contributed by atoms with Crippen LogP contribution in [-0.2, 0) is 13.0 Å². The highest BCUT2D eigenvalue weighted by Crippen LogP contribution is 2.26. The molecule has 3 heteroatoms. The lowest BCUT2D eigenvalue weighted by atomic mass is 9.90. The van der Waals surface area contributed by atoms with E-state index in [1.54, 1.807) is 7.11 Å². The van der Waals surface area contributed by atoms with Crippen LogP contribution in [0.1, 0.15) is 34.3 Å². The molecule has 2 aromatic carbocycles. The smallest absolute Gasteiger partial charge is 0.163 e. The molecule has 0 bridgehead atoms. The summed E-state index contributed by atoms with van der Waals surface area (Å²) >= 11 is 0. The van der Waals surface area contributed by atoms with Gasteiger partial charge in [-0.2, -0.15) is 0 Å². The van der Waals surface area contributed by atoms with Crippen LogP contribution in [0.4, 0.5) is 0 Å².